The Kier molecular flexibility index (Phi) is 4.20. The normalized spacial score (nSPS) is 34.8. The van der Waals surface area contributed by atoms with Crippen molar-refractivity contribution in [3.05, 3.63) is 0 Å². The Labute approximate surface area is 126 Å². The number of aliphatic carboxylic acids is 1. The fraction of sp³-hybridized carbons (Fsp3) is 0.875. The molecular weight excluding hydrogens is 268 g/mol. The van der Waals surface area contributed by atoms with Crippen LogP contribution in [-0.2, 0) is 9.59 Å². The molecule has 3 rings (SSSR count). The molecule has 1 amide bonds. The Balaban J connectivity index is 1.50. The van der Waals surface area contributed by atoms with Crippen molar-refractivity contribution in [2.75, 3.05) is 13.1 Å². The number of piperidine rings is 1. The van der Waals surface area contributed by atoms with Gasteiger partial charge in [-0.2, -0.15) is 0 Å². The first-order chi connectivity index (χ1) is 10.0. The van der Waals surface area contributed by atoms with E-state index >= 15 is 0 Å². The Morgan fingerprint density at radius 2 is 1.67 bits per heavy atom. The van der Waals surface area contributed by atoms with Gasteiger partial charge in [0.1, 0.15) is 0 Å². The third-order valence-corrected chi connectivity index (χ3v) is 5.39. The average Bonchev–Trinajstić information content (AvgIpc) is 3.21. The molecule has 0 aromatic carbocycles. The monoisotopic (exact) mass is 294 g/mol. The van der Waals surface area contributed by atoms with E-state index in [4.69, 9.17) is 0 Å². The highest BCUT2D eigenvalue weighted by Gasteiger charge is 2.42. The molecule has 0 bridgehead atoms. The highest BCUT2D eigenvalue weighted by atomic mass is 16.4. The second kappa shape index (κ2) is 5.95. The Hall–Kier alpha value is -1.10. The van der Waals surface area contributed by atoms with Crippen LogP contribution in [0.4, 0.5) is 0 Å². The van der Waals surface area contributed by atoms with Crippen molar-refractivity contribution in [3.8, 4) is 0 Å². The van der Waals surface area contributed by atoms with Gasteiger partial charge in [0.25, 0.3) is 0 Å². The van der Waals surface area contributed by atoms with Gasteiger partial charge in [0.15, 0.2) is 0 Å². The van der Waals surface area contributed by atoms with Crippen LogP contribution in [-0.4, -0.2) is 47.1 Å². The van der Waals surface area contributed by atoms with Gasteiger partial charge >= 0.3 is 5.97 Å². The molecule has 3 aliphatic rings. The van der Waals surface area contributed by atoms with E-state index in [1.54, 1.807) is 0 Å². The molecule has 0 aromatic rings. The minimum Gasteiger partial charge on any atom is -0.481 e. The van der Waals surface area contributed by atoms with Crippen LogP contribution in [0.5, 0.6) is 0 Å². The van der Waals surface area contributed by atoms with Crippen molar-refractivity contribution in [1.29, 1.82) is 0 Å². The van der Waals surface area contributed by atoms with Gasteiger partial charge in [-0.15, -0.1) is 0 Å². The second-order valence-corrected chi connectivity index (χ2v) is 7.18. The molecule has 3 fully saturated rings. The van der Waals surface area contributed by atoms with E-state index < -0.39 is 11.9 Å². The van der Waals surface area contributed by atoms with Crippen LogP contribution in [0.15, 0.2) is 0 Å². The van der Waals surface area contributed by atoms with E-state index in [0.717, 1.165) is 32.0 Å². The Morgan fingerprint density at radius 3 is 2.24 bits per heavy atom. The standard InChI is InChI=1S/C16H26N2O3/c1-10-8-13(14(9-10)16(20)21)15(19)17-11-4-6-18(7-5-11)12-2-3-12/h10-14H,2-9H2,1H3,(H,17,19)(H,20,21). The van der Waals surface area contributed by atoms with Gasteiger partial charge in [0.05, 0.1) is 11.8 Å². The lowest BCUT2D eigenvalue weighted by atomic mass is 9.94. The smallest absolute Gasteiger partial charge is 0.307 e. The summed E-state index contributed by atoms with van der Waals surface area (Å²) >= 11 is 0. The Morgan fingerprint density at radius 1 is 1.05 bits per heavy atom. The van der Waals surface area contributed by atoms with Crippen LogP contribution < -0.4 is 5.32 Å². The maximum atomic E-state index is 12.4. The fourth-order valence-electron chi connectivity index (χ4n) is 4.01. The number of likely N-dealkylation sites (tertiary alicyclic amines) is 1. The topological polar surface area (TPSA) is 69.6 Å². The lowest BCUT2D eigenvalue weighted by Crippen LogP contribution is -2.47. The number of nitrogens with zero attached hydrogens (tertiary/aromatic N) is 1. The molecule has 0 radical (unpaired) electrons. The van der Waals surface area contributed by atoms with Crippen LogP contribution in [0.2, 0.25) is 0 Å². The lowest BCUT2D eigenvalue weighted by Gasteiger charge is -2.33. The highest BCUT2D eigenvalue weighted by molar-refractivity contribution is 5.85. The summed E-state index contributed by atoms with van der Waals surface area (Å²) in [5.41, 5.74) is 0. The molecule has 118 valence electrons. The van der Waals surface area contributed by atoms with Crippen molar-refractivity contribution in [1.82, 2.24) is 10.2 Å². The van der Waals surface area contributed by atoms with Crippen molar-refractivity contribution in [3.63, 3.8) is 0 Å². The molecule has 1 heterocycles. The minimum absolute atomic E-state index is 0.0309. The van der Waals surface area contributed by atoms with E-state index in [-0.39, 0.29) is 17.9 Å². The molecule has 3 unspecified atom stereocenters. The van der Waals surface area contributed by atoms with Crippen LogP contribution in [0.3, 0.4) is 0 Å². The zero-order valence-electron chi connectivity index (χ0n) is 12.8. The molecule has 0 aromatic heterocycles. The molecule has 3 atom stereocenters. The minimum atomic E-state index is -0.817. The van der Waals surface area contributed by atoms with Crippen molar-refractivity contribution >= 4 is 11.9 Å². The summed E-state index contributed by atoms with van der Waals surface area (Å²) in [5, 5.41) is 12.4. The zero-order chi connectivity index (χ0) is 15.0. The Bertz CT molecular complexity index is 414. The fourth-order valence-corrected chi connectivity index (χ4v) is 4.01. The number of carboxylic acids is 1. The van der Waals surface area contributed by atoms with Gasteiger partial charge in [0.2, 0.25) is 5.91 Å². The molecule has 2 aliphatic carbocycles. The summed E-state index contributed by atoms with van der Waals surface area (Å²) in [6, 6.07) is 1.03. The first kappa shape index (κ1) is 14.8. The number of hydrogen-bond donors (Lipinski definition) is 2. The third-order valence-electron chi connectivity index (χ3n) is 5.39. The van der Waals surface area contributed by atoms with E-state index in [2.05, 4.69) is 10.2 Å². The maximum Gasteiger partial charge on any atom is 0.307 e. The molecule has 5 heteroatoms. The summed E-state index contributed by atoms with van der Waals surface area (Å²) in [5.74, 6) is -1.34. The SMILES string of the molecule is CC1CC(C(=O)O)C(C(=O)NC2CCN(C3CC3)CC2)C1. The van der Waals surface area contributed by atoms with E-state index in [1.807, 2.05) is 6.92 Å². The number of hydrogen-bond acceptors (Lipinski definition) is 3. The molecule has 5 nitrogen and oxygen atoms in total. The van der Waals surface area contributed by atoms with Crippen LogP contribution in [0.1, 0.15) is 45.4 Å². The van der Waals surface area contributed by atoms with Crippen LogP contribution >= 0.6 is 0 Å². The van der Waals surface area contributed by atoms with Gasteiger partial charge in [-0.05, 0) is 44.4 Å². The molecule has 2 N–H and O–H groups in total. The van der Waals surface area contributed by atoms with Crippen molar-refractivity contribution < 1.29 is 14.7 Å². The quantitative estimate of drug-likeness (QED) is 0.824. The molecule has 2 saturated carbocycles. The summed E-state index contributed by atoms with van der Waals surface area (Å²) in [7, 11) is 0. The number of carboxylic acid groups (broad SMARTS) is 1. The van der Waals surface area contributed by atoms with E-state index in [9.17, 15) is 14.7 Å². The number of nitrogens with one attached hydrogen (secondary N) is 1. The predicted molar refractivity (Wildman–Crippen MR) is 78.8 cm³/mol. The first-order valence-corrected chi connectivity index (χ1v) is 8.32. The molecule has 1 saturated heterocycles. The van der Waals surface area contributed by atoms with E-state index in [0.29, 0.717) is 18.8 Å². The van der Waals surface area contributed by atoms with Gasteiger partial charge < -0.3 is 15.3 Å². The largest absolute Gasteiger partial charge is 0.481 e. The summed E-state index contributed by atoms with van der Waals surface area (Å²) in [4.78, 5) is 26.2. The number of carbonyl (C=O) groups excluding carboxylic acids is 1. The van der Waals surface area contributed by atoms with Gasteiger partial charge in [-0.25, -0.2) is 0 Å². The molecule has 1 aliphatic heterocycles. The van der Waals surface area contributed by atoms with Crippen LogP contribution in [0.25, 0.3) is 0 Å². The third kappa shape index (κ3) is 3.39. The maximum absolute atomic E-state index is 12.4. The lowest BCUT2D eigenvalue weighted by molar-refractivity contribution is -0.146. The molecule has 0 spiro atoms. The first-order valence-electron chi connectivity index (χ1n) is 8.32. The highest BCUT2D eigenvalue weighted by Crippen LogP contribution is 2.37. The number of amides is 1. The van der Waals surface area contributed by atoms with Gasteiger partial charge in [-0.3, -0.25) is 9.59 Å². The molecule has 21 heavy (non-hydrogen) atoms. The zero-order valence-corrected chi connectivity index (χ0v) is 12.8. The van der Waals surface area contributed by atoms with Crippen LogP contribution in [0, 0.1) is 17.8 Å². The predicted octanol–water partition coefficient (Wildman–Crippen LogP) is 1.48. The number of carbonyl (C=O) groups is 2. The molecular formula is C16H26N2O3. The van der Waals surface area contributed by atoms with Crippen molar-refractivity contribution in [2.45, 2.75) is 57.5 Å². The second-order valence-electron chi connectivity index (χ2n) is 7.18. The summed E-state index contributed by atoms with van der Waals surface area (Å²) in [6.45, 7) is 4.18. The number of rotatable bonds is 4. The van der Waals surface area contributed by atoms with Crippen molar-refractivity contribution in [2.24, 2.45) is 17.8 Å². The summed E-state index contributed by atoms with van der Waals surface area (Å²) < 4.78 is 0. The summed E-state index contributed by atoms with van der Waals surface area (Å²) in [6.07, 6.45) is 6.01. The van der Waals surface area contributed by atoms with Gasteiger partial charge in [0, 0.05) is 25.2 Å². The average molecular weight is 294 g/mol. The van der Waals surface area contributed by atoms with E-state index in [1.165, 1.54) is 12.8 Å². The van der Waals surface area contributed by atoms with Gasteiger partial charge in [-0.1, -0.05) is 6.92 Å².